The standard InChI is InChI=1S/C26H21ClN2O6/c1-33-23-14-17(5-12-22(23)35-15-16-3-8-19(27)9-4-16)13-21-24(30)28-29(25(21)31)20-10-6-18(7-11-20)26(32)34-2/h3-14H,15H2,1-2H3,(H,28,30)/b21-13-. The minimum atomic E-state index is -0.547. The molecule has 4 rings (SSSR count). The van der Waals surface area contributed by atoms with E-state index in [2.05, 4.69) is 10.2 Å². The molecule has 0 aliphatic carbocycles. The number of hydrazine groups is 1. The predicted octanol–water partition coefficient (Wildman–Crippen LogP) is 4.18. The summed E-state index contributed by atoms with van der Waals surface area (Å²) < 4.78 is 16.0. The van der Waals surface area contributed by atoms with Gasteiger partial charge in [0.05, 0.1) is 25.5 Å². The maximum Gasteiger partial charge on any atom is 0.337 e. The third-order valence-corrected chi connectivity index (χ3v) is 5.50. The number of anilines is 1. The molecule has 3 aromatic rings. The van der Waals surface area contributed by atoms with Crippen molar-refractivity contribution in [2.45, 2.75) is 6.61 Å². The SMILES string of the molecule is COC(=O)c1ccc(N2NC(=O)/C(=C/c3ccc(OCc4ccc(Cl)cc4)c(OC)c3)C2=O)cc1. The molecular weight excluding hydrogens is 472 g/mol. The summed E-state index contributed by atoms with van der Waals surface area (Å²) in [5, 5.41) is 1.77. The fourth-order valence-electron chi connectivity index (χ4n) is 3.41. The van der Waals surface area contributed by atoms with E-state index in [1.807, 2.05) is 12.1 Å². The van der Waals surface area contributed by atoms with Crippen molar-refractivity contribution in [2.24, 2.45) is 0 Å². The summed E-state index contributed by atoms with van der Waals surface area (Å²) >= 11 is 5.91. The number of ether oxygens (including phenoxy) is 3. The lowest BCUT2D eigenvalue weighted by molar-refractivity contribution is -0.117. The summed E-state index contributed by atoms with van der Waals surface area (Å²) in [7, 11) is 2.79. The van der Waals surface area contributed by atoms with E-state index < -0.39 is 17.8 Å². The summed E-state index contributed by atoms with van der Waals surface area (Å²) in [5.74, 6) is -0.603. The van der Waals surface area contributed by atoms with Crippen LogP contribution in [-0.2, 0) is 20.9 Å². The molecule has 1 aliphatic heterocycles. The number of methoxy groups -OCH3 is 2. The smallest absolute Gasteiger partial charge is 0.337 e. The van der Waals surface area contributed by atoms with Crippen LogP contribution < -0.4 is 19.9 Å². The van der Waals surface area contributed by atoms with Gasteiger partial charge in [0.2, 0.25) is 0 Å². The molecular formula is C26H21ClN2O6. The van der Waals surface area contributed by atoms with Crippen molar-refractivity contribution in [1.82, 2.24) is 5.43 Å². The van der Waals surface area contributed by atoms with Crippen LogP contribution in [0.3, 0.4) is 0 Å². The fourth-order valence-corrected chi connectivity index (χ4v) is 3.53. The van der Waals surface area contributed by atoms with Gasteiger partial charge in [-0.1, -0.05) is 29.8 Å². The van der Waals surface area contributed by atoms with Crippen LogP contribution in [-0.4, -0.2) is 32.0 Å². The van der Waals surface area contributed by atoms with Crippen LogP contribution in [0.1, 0.15) is 21.5 Å². The number of rotatable bonds is 7. The van der Waals surface area contributed by atoms with Gasteiger partial charge in [-0.15, -0.1) is 0 Å². The Bertz CT molecular complexity index is 1300. The summed E-state index contributed by atoms with van der Waals surface area (Å²) in [6, 6.07) is 18.5. The second-order valence-corrected chi connectivity index (χ2v) is 7.94. The molecule has 1 saturated heterocycles. The Morgan fingerprint density at radius 2 is 1.69 bits per heavy atom. The van der Waals surface area contributed by atoms with E-state index in [4.69, 9.17) is 21.1 Å². The first kappa shape index (κ1) is 23.8. The maximum atomic E-state index is 12.9. The average molecular weight is 493 g/mol. The number of amides is 2. The number of esters is 1. The molecule has 0 spiro atoms. The van der Waals surface area contributed by atoms with Gasteiger partial charge in [-0.3, -0.25) is 15.0 Å². The molecule has 1 N–H and O–H groups in total. The van der Waals surface area contributed by atoms with Crippen LogP contribution in [0.5, 0.6) is 11.5 Å². The molecule has 0 radical (unpaired) electrons. The van der Waals surface area contributed by atoms with E-state index in [9.17, 15) is 14.4 Å². The molecule has 178 valence electrons. The van der Waals surface area contributed by atoms with Gasteiger partial charge < -0.3 is 14.2 Å². The third kappa shape index (κ3) is 5.28. The highest BCUT2D eigenvalue weighted by Crippen LogP contribution is 2.31. The zero-order valence-electron chi connectivity index (χ0n) is 18.9. The predicted molar refractivity (Wildman–Crippen MR) is 130 cm³/mol. The lowest BCUT2D eigenvalue weighted by atomic mass is 10.1. The van der Waals surface area contributed by atoms with Gasteiger partial charge in [-0.2, -0.15) is 0 Å². The first-order valence-electron chi connectivity index (χ1n) is 10.5. The largest absolute Gasteiger partial charge is 0.493 e. The van der Waals surface area contributed by atoms with Gasteiger partial charge >= 0.3 is 5.97 Å². The summed E-state index contributed by atoms with van der Waals surface area (Å²) in [6.45, 7) is 0.318. The Morgan fingerprint density at radius 3 is 2.34 bits per heavy atom. The van der Waals surface area contributed by atoms with Crippen molar-refractivity contribution < 1.29 is 28.6 Å². The Balaban J connectivity index is 1.51. The zero-order valence-corrected chi connectivity index (χ0v) is 19.7. The van der Waals surface area contributed by atoms with Gasteiger partial charge in [0.15, 0.2) is 11.5 Å². The molecule has 35 heavy (non-hydrogen) atoms. The average Bonchev–Trinajstić information content (AvgIpc) is 3.16. The lowest BCUT2D eigenvalue weighted by Gasteiger charge is -2.14. The quantitative estimate of drug-likeness (QED) is 0.302. The van der Waals surface area contributed by atoms with Crippen molar-refractivity contribution in [2.75, 3.05) is 19.2 Å². The van der Waals surface area contributed by atoms with Crippen LogP contribution in [0.2, 0.25) is 5.02 Å². The van der Waals surface area contributed by atoms with Gasteiger partial charge in [0.25, 0.3) is 11.8 Å². The van der Waals surface area contributed by atoms with E-state index in [-0.39, 0.29) is 5.57 Å². The number of nitrogens with one attached hydrogen (secondary N) is 1. The molecule has 0 unspecified atom stereocenters. The number of benzene rings is 3. The van der Waals surface area contributed by atoms with Gasteiger partial charge in [0, 0.05) is 5.02 Å². The maximum absolute atomic E-state index is 12.9. The molecule has 9 heteroatoms. The van der Waals surface area contributed by atoms with Crippen molar-refractivity contribution >= 4 is 41.1 Å². The number of hydrogen-bond donors (Lipinski definition) is 1. The minimum Gasteiger partial charge on any atom is -0.493 e. The molecule has 1 heterocycles. The highest BCUT2D eigenvalue weighted by molar-refractivity contribution is 6.31. The summed E-state index contributed by atoms with van der Waals surface area (Å²) in [5.41, 5.74) is 4.75. The molecule has 0 bridgehead atoms. The number of halogens is 1. The topological polar surface area (TPSA) is 94.2 Å². The molecule has 0 atom stereocenters. The number of nitrogens with zero attached hydrogens (tertiary/aromatic N) is 1. The monoisotopic (exact) mass is 492 g/mol. The molecule has 3 aromatic carbocycles. The molecule has 1 aliphatic rings. The van der Waals surface area contributed by atoms with Crippen molar-refractivity contribution in [1.29, 1.82) is 0 Å². The van der Waals surface area contributed by atoms with E-state index in [1.54, 1.807) is 42.5 Å². The Kier molecular flexibility index (Phi) is 7.03. The third-order valence-electron chi connectivity index (χ3n) is 5.24. The molecule has 0 saturated carbocycles. The van der Waals surface area contributed by atoms with Crippen LogP contribution >= 0.6 is 11.6 Å². The molecule has 1 fully saturated rings. The molecule has 8 nitrogen and oxygen atoms in total. The zero-order chi connectivity index (χ0) is 24.9. The summed E-state index contributed by atoms with van der Waals surface area (Å²) in [6.07, 6.45) is 1.48. The van der Waals surface area contributed by atoms with Crippen LogP contribution in [0.15, 0.2) is 72.3 Å². The second-order valence-electron chi connectivity index (χ2n) is 7.50. The van der Waals surface area contributed by atoms with Gasteiger partial charge in [-0.05, 0) is 65.7 Å². The lowest BCUT2D eigenvalue weighted by Crippen LogP contribution is -2.35. The Morgan fingerprint density at radius 1 is 0.971 bits per heavy atom. The van der Waals surface area contributed by atoms with Crippen molar-refractivity contribution in [3.05, 3.63) is 94.0 Å². The normalized spacial score (nSPS) is 14.1. The first-order chi connectivity index (χ1) is 16.9. The molecule has 2 amide bonds. The van der Waals surface area contributed by atoms with Crippen molar-refractivity contribution in [3.63, 3.8) is 0 Å². The highest BCUT2D eigenvalue weighted by atomic mass is 35.5. The number of carbonyl (C=O) groups excluding carboxylic acids is 3. The van der Waals surface area contributed by atoms with Crippen molar-refractivity contribution in [3.8, 4) is 11.5 Å². The minimum absolute atomic E-state index is 0.0427. The highest BCUT2D eigenvalue weighted by Gasteiger charge is 2.34. The first-order valence-corrected chi connectivity index (χ1v) is 10.9. The van der Waals surface area contributed by atoms with Gasteiger partial charge in [-0.25, -0.2) is 9.80 Å². The van der Waals surface area contributed by atoms with E-state index in [1.165, 1.54) is 32.4 Å². The second kappa shape index (κ2) is 10.3. The number of carbonyl (C=O) groups is 3. The van der Waals surface area contributed by atoms with E-state index in [0.29, 0.717) is 39.9 Å². The van der Waals surface area contributed by atoms with Crippen LogP contribution in [0.4, 0.5) is 5.69 Å². The Hall–Kier alpha value is -4.30. The summed E-state index contributed by atoms with van der Waals surface area (Å²) in [4.78, 5) is 37.0. The van der Waals surface area contributed by atoms with E-state index in [0.717, 1.165) is 10.6 Å². The van der Waals surface area contributed by atoms with Gasteiger partial charge in [0.1, 0.15) is 12.2 Å². The molecule has 0 aromatic heterocycles. The fraction of sp³-hybridized carbons (Fsp3) is 0.115. The number of hydrogen-bond acceptors (Lipinski definition) is 6. The Labute approximate surface area is 206 Å². The van der Waals surface area contributed by atoms with Crippen LogP contribution in [0, 0.1) is 0 Å². The van der Waals surface area contributed by atoms with E-state index >= 15 is 0 Å². The van der Waals surface area contributed by atoms with Crippen LogP contribution in [0.25, 0.3) is 6.08 Å².